The van der Waals surface area contributed by atoms with E-state index in [9.17, 15) is 9.90 Å². The summed E-state index contributed by atoms with van der Waals surface area (Å²) in [6.07, 6.45) is 2.37. The number of thioether (sulfide) groups is 1. The molecule has 2 fully saturated rings. The van der Waals surface area contributed by atoms with Crippen LogP contribution < -0.4 is 0 Å². The van der Waals surface area contributed by atoms with Crippen LogP contribution in [-0.2, 0) is 4.79 Å². The zero-order chi connectivity index (χ0) is 20.6. The van der Waals surface area contributed by atoms with Gasteiger partial charge >= 0.3 is 0 Å². The van der Waals surface area contributed by atoms with Crippen molar-refractivity contribution < 1.29 is 9.90 Å². The van der Waals surface area contributed by atoms with Crippen LogP contribution in [0.1, 0.15) is 62.5 Å². The van der Waals surface area contributed by atoms with Crippen molar-refractivity contribution >= 4 is 17.5 Å². The number of aliphatic hydroxyl groups excluding tert-OH is 1. The first kappa shape index (κ1) is 20.7. The maximum atomic E-state index is 13.2. The highest BCUT2D eigenvalue weighted by atomic mass is 32.2. The number of Topliss-reactive ketones (excluding diaryl/α,β-unsaturated/α-hetero) is 1. The van der Waals surface area contributed by atoms with E-state index in [4.69, 9.17) is 0 Å². The van der Waals surface area contributed by atoms with E-state index in [0.29, 0.717) is 18.1 Å². The number of rotatable bonds is 7. The number of carbonyl (C=O) groups is 1. The molecule has 2 aliphatic carbocycles. The van der Waals surface area contributed by atoms with Gasteiger partial charge in [-0.25, -0.2) is 0 Å². The Morgan fingerprint density at radius 3 is 2.14 bits per heavy atom. The third-order valence-corrected chi connectivity index (χ3v) is 9.36. The standard InChI is InChI=1S/C26H32O2S/c1-25(2)21-14-15-26(25,3)24(28)20(21)17-29-23(19-12-8-5-9-13-19)16-22(27)18-10-6-4-7-11-18/h4-13,20-23,27H,14-17H2,1-3H3/t20-,21+,22-,23-,26-/m0/s1. The van der Waals surface area contributed by atoms with Crippen molar-refractivity contribution in [3.05, 3.63) is 71.8 Å². The smallest absolute Gasteiger partial charge is 0.143 e. The fourth-order valence-corrected chi connectivity index (χ4v) is 7.16. The van der Waals surface area contributed by atoms with Crippen molar-refractivity contribution in [2.75, 3.05) is 5.75 Å². The van der Waals surface area contributed by atoms with Crippen LogP contribution in [-0.4, -0.2) is 16.6 Å². The number of benzene rings is 2. The van der Waals surface area contributed by atoms with E-state index in [1.165, 1.54) is 12.0 Å². The maximum Gasteiger partial charge on any atom is 0.143 e. The van der Waals surface area contributed by atoms with Crippen LogP contribution in [0.4, 0.5) is 0 Å². The molecule has 0 aromatic heterocycles. The summed E-state index contributed by atoms with van der Waals surface area (Å²) < 4.78 is 0. The summed E-state index contributed by atoms with van der Waals surface area (Å²) in [6.45, 7) is 6.77. The molecular weight excluding hydrogens is 376 g/mol. The lowest BCUT2D eigenvalue weighted by Crippen LogP contribution is -2.33. The maximum absolute atomic E-state index is 13.2. The van der Waals surface area contributed by atoms with Gasteiger partial charge in [-0.1, -0.05) is 81.4 Å². The van der Waals surface area contributed by atoms with Crippen LogP contribution in [0.2, 0.25) is 0 Å². The molecule has 0 heterocycles. The molecule has 2 aromatic rings. The Labute approximate surface area is 179 Å². The molecule has 2 aliphatic rings. The summed E-state index contributed by atoms with van der Waals surface area (Å²) in [7, 11) is 0. The second-order valence-corrected chi connectivity index (χ2v) is 10.8. The molecule has 2 saturated carbocycles. The third kappa shape index (κ3) is 3.57. The molecule has 1 N–H and O–H groups in total. The number of carbonyl (C=O) groups excluding carboxylic acids is 1. The summed E-state index contributed by atoms with van der Waals surface area (Å²) in [6, 6.07) is 20.3. The summed E-state index contributed by atoms with van der Waals surface area (Å²) >= 11 is 1.86. The van der Waals surface area contributed by atoms with Crippen LogP contribution in [0, 0.1) is 22.7 Å². The van der Waals surface area contributed by atoms with E-state index in [2.05, 4.69) is 45.0 Å². The Bertz CT molecular complexity index is 848. The first-order valence-electron chi connectivity index (χ1n) is 10.8. The fraction of sp³-hybridized carbons (Fsp3) is 0.500. The topological polar surface area (TPSA) is 37.3 Å². The third-order valence-electron chi connectivity index (χ3n) is 7.94. The van der Waals surface area contributed by atoms with E-state index in [0.717, 1.165) is 17.7 Å². The lowest BCUT2D eigenvalue weighted by molar-refractivity contribution is -0.131. The van der Waals surface area contributed by atoms with E-state index in [1.807, 2.05) is 48.2 Å². The van der Waals surface area contributed by atoms with Crippen molar-refractivity contribution in [3.63, 3.8) is 0 Å². The number of fused-ring (bicyclic) bond motifs is 2. The number of hydrogen-bond acceptors (Lipinski definition) is 3. The summed E-state index contributed by atoms with van der Waals surface area (Å²) in [4.78, 5) is 13.2. The first-order valence-corrected chi connectivity index (χ1v) is 11.8. The molecule has 0 aliphatic heterocycles. The highest BCUT2D eigenvalue weighted by Crippen LogP contribution is 2.66. The van der Waals surface area contributed by atoms with Gasteiger partial charge in [-0.2, -0.15) is 11.8 Å². The van der Waals surface area contributed by atoms with Crippen molar-refractivity contribution in [1.29, 1.82) is 0 Å². The van der Waals surface area contributed by atoms with Crippen molar-refractivity contribution in [2.24, 2.45) is 22.7 Å². The number of hydrogen-bond donors (Lipinski definition) is 1. The van der Waals surface area contributed by atoms with Crippen molar-refractivity contribution in [2.45, 2.75) is 51.4 Å². The van der Waals surface area contributed by atoms with Gasteiger partial charge < -0.3 is 5.11 Å². The van der Waals surface area contributed by atoms with Gasteiger partial charge in [-0.15, -0.1) is 0 Å². The minimum atomic E-state index is -0.501. The quantitative estimate of drug-likeness (QED) is 0.590. The lowest BCUT2D eigenvalue weighted by Gasteiger charge is -2.32. The molecule has 4 rings (SSSR count). The van der Waals surface area contributed by atoms with Gasteiger partial charge in [0.25, 0.3) is 0 Å². The van der Waals surface area contributed by atoms with Crippen molar-refractivity contribution in [3.8, 4) is 0 Å². The average molecular weight is 409 g/mol. The van der Waals surface area contributed by atoms with Gasteiger partial charge in [-0.3, -0.25) is 4.79 Å². The Morgan fingerprint density at radius 1 is 1.00 bits per heavy atom. The largest absolute Gasteiger partial charge is 0.388 e. The molecule has 2 aromatic carbocycles. The molecular formula is C26H32O2S. The Kier molecular flexibility index (Phi) is 5.65. The normalized spacial score (nSPS) is 29.7. The average Bonchev–Trinajstić information content (AvgIpc) is 3.05. The highest BCUT2D eigenvalue weighted by molar-refractivity contribution is 7.99. The molecule has 3 heteroatoms. The summed E-state index contributed by atoms with van der Waals surface area (Å²) in [5.41, 5.74) is 2.13. The molecule has 0 amide bonds. The monoisotopic (exact) mass is 408 g/mol. The number of aliphatic hydroxyl groups is 1. The zero-order valence-corrected chi connectivity index (χ0v) is 18.5. The van der Waals surface area contributed by atoms with Gasteiger partial charge in [0.2, 0.25) is 0 Å². The molecule has 5 atom stereocenters. The Morgan fingerprint density at radius 2 is 1.59 bits per heavy atom. The summed E-state index contributed by atoms with van der Waals surface area (Å²) in [5.74, 6) is 1.96. The van der Waals surface area contributed by atoms with E-state index in [-0.39, 0.29) is 22.0 Å². The predicted molar refractivity (Wildman–Crippen MR) is 121 cm³/mol. The predicted octanol–water partition coefficient (Wildman–Crippen LogP) is 6.23. The molecule has 2 nitrogen and oxygen atoms in total. The minimum Gasteiger partial charge on any atom is -0.388 e. The molecule has 29 heavy (non-hydrogen) atoms. The molecule has 0 unspecified atom stereocenters. The van der Waals surface area contributed by atoms with Crippen LogP contribution >= 0.6 is 11.8 Å². The van der Waals surface area contributed by atoms with Crippen LogP contribution in [0.3, 0.4) is 0 Å². The molecule has 0 spiro atoms. The second kappa shape index (κ2) is 7.92. The SMILES string of the molecule is CC1(C)[C@@H]2CC[C@@]1(C)C(=O)[C@H]2CS[C@@H](C[C@H](O)c1ccccc1)c1ccccc1. The van der Waals surface area contributed by atoms with E-state index >= 15 is 0 Å². The van der Waals surface area contributed by atoms with Gasteiger partial charge in [0.05, 0.1) is 6.10 Å². The summed E-state index contributed by atoms with van der Waals surface area (Å²) in [5, 5.41) is 11.0. The highest BCUT2D eigenvalue weighted by Gasteiger charge is 2.65. The van der Waals surface area contributed by atoms with Gasteiger partial charge in [0.1, 0.15) is 5.78 Å². The van der Waals surface area contributed by atoms with Crippen molar-refractivity contribution in [1.82, 2.24) is 0 Å². The van der Waals surface area contributed by atoms with Crippen LogP contribution in [0.5, 0.6) is 0 Å². The molecule has 0 radical (unpaired) electrons. The molecule has 154 valence electrons. The van der Waals surface area contributed by atoms with Gasteiger partial charge in [0.15, 0.2) is 0 Å². The van der Waals surface area contributed by atoms with Gasteiger partial charge in [-0.05, 0) is 41.7 Å². The van der Waals surface area contributed by atoms with Gasteiger partial charge in [0, 0.05) is 22.3 Å². The Balaban J connectivity index is 1.50. The minimum absolute atomic E-state index is 0.0983. The first-order chi connectivity index (χ1) is 13.8. The van der Waals surface area contributed by atoms with Crippen LogP contribution in [0.25, 0.3) is 0 Å². The fourth-order valence-electron chi connectivity index (χ4n) is 5.67. The molecule has 2 bridgehead atoms. The van der Waals surface area contributed by atoms with Crippen LogP contribution in [0.15, 0.2) is 60.7 Å². The molecule has 0 saturated heterocycles. The zero-order valence-electron chi connectivity index (χ0n) is 17.7. The number of ketones is 1. The lowest BCUT2D eigenvalue weighted by atomic mass is 9.70. The van der Waals surface area contributed by atoms with E-state index < -0.39 is 6.10 Å². The Hall–Kier alpha value is -1.58. The second-order valence-electron chi connectivity index (χ2n) is 9.56. The van der Waals surface area contributed by atoms with E-state index in [1.54, 1.807) is 0 Å².